The number of aliphatic hydroxyl groups is 1. The number of nitrogens with one attached hydrogen (secondary N) is 1. The van der Waals surface area contributed by atoms with Crippen molar-refractivity contribution in [2.75, 3.05) is 34.4 Å². The summed E-state index contributed by atoms with van der Waals surface area (Å²) in [5.41, 5.74) is 6.51. The van der Waals surface area contributed by atoms with Crippen LogP contribution in [0.5, 0.6) is 17.2 Å². The number of rotatable bonds is 5. The third-order valence-electron chi connectivity index (χ3n) is 3.79. The molecular formula is C15H23N3O5. The van der Waals surface area contributed by atoms with Gasteiger partial charge in [0.15, 0.2) is 11.5 Å². The Kier molecular flexibility index (Phi) is 5.51. The number of likely N-dealkylation sites (tertiary alicyclic amines) is 1. The molecule has 0 saturated carbocycles. The highest BCUT2D eigenvalue weighted by molar-refractivity contribution is 5.74. The van der Waals surface area contributed by atoms with Gasteiger partial charge in [0.1, 0.15) is 0 Å². The Bertz CT molecular complexity index is 531. The molecular weight excluding hydrogens is 302 g/mol. The molecule has 0 spiro atoms. The van der Waals surface area contributed by atoms with E-state index in [1.54, 1.807) is 12.1 Å². The maximum Gasteiger partial charge on any atom is 0.317 e. The van der Waals surface area contributed by atoms with E-state index in [0.29, 0.717) is 23.8 Å². The van der Waals surface area contributed by atoms with Crippen LogP contribution in [0, 0.1) is 0 Å². The third kappa shape index (κ3) is 3.77. The minimum absolute atomic E-state index is 0.238. The second kappa shape index (κ2) is 7.38. The van der Waals surface area contributed by atoms with Crippen LogP contribution in [0.2, 0.25) is 0 Å². The fourth-order valence-corrected chi connectivity index (χ4v) is 2.50. The van der Waals surface area contributed by atoms with E-state index in [1.165, 1.54) is 26.2 Å². The van der Waals surface area contributed by atoms with E-state index >= 15 is 0 Å². The molecule has 1 heterocycles. The van der Waals surface area contributed by atoms with Crippen LogP contribution in [-0.4, -0.2) is 62.6 Å². The van der Waals surface area contributed by atoms with Crippen LogP contribution in [0.1, 0.15) is 5.56 Å². The number of ether oxygens (including phenoxy) is 3. The average molecular weight is 325 g/mol. The Morgan fingerprint density at radius 1 is 1.26 bits per heavy atom. The van der Waals surface area contributed by atoms with Crippen LogP contribution in [0.3, 0.4) is 0 Å². The summed E-state index contributed by atoms with van der Waals surface area (Å²) in [7, 11) is 4.60. The Morgan fingerprint density at radius 3 is 2.30 bits per heavy atom. The van der Waals surface area contributed by atoms with Crippen LogP contribution >= 0.6 is 0 Å². The molecule has 2 atom stereocenters. The summed E-state index contributed by atoms with van der Waals surface area (Å²) >= 11 is 0. The van der Waals surface area contributed by atoms with Gasteiger partial charge in [-0.2, -0.15) is 0 Å². The van der Waals surface area contributed by atoms with Crippen molar-refractivity contribution in [3.8, 4) is 17.2 Å². The number of hydrogen-bond donors (Lipinski definition) is 3. The monoisotopic (exact) mass is 325 g/mol. The molecule has 0 aliphatic carbocycles. The predicted molar refractivity (Wildman–Crippen MR) is 83.9 cm³/mol. The molecule has 2 amide bonds. The van der Waals surface area contributed by atoms with Gasteiger partial charge in [0.25, 0.3) is 0 Å². The molecule has 8 nitrogen and oxygen atoms in total. The van der Waals surface area contributed by atoms with E-state index in [2.05, 4.69) is 5.32 Å². The number of nitrogens with two attached hydrogens (primary N) is 1. The Balaban J connectivity index is 2.04. The number of urea groups is 1. The van der Waals surface area contributed by atoms with Gasteiger partial charge in [0.2, 0.25) is 5.75 Å². The quantitative estimate of drug-likeness (QED) is 0.699. The number of aliphatic hydroxyl groups excluding tert-OH is 1. The fourth-order valence-electron chi connectivity index (χ4n) is 2.50. The zero-order valence-electron chi connectivity index (χ0n) is 13.5. The van der Waals surface area contributed by atoms with Crippen molar-refractivity contribution in [3.05, 3.63) is 17.7 Å². The average Bonchev–Trinajstić information content (AvgIpc) is 2.90. The van der Waals surface area contributed by atoms with Crippen molar-refractivity contribution in [2.45, 2.75) is 18.7 Å². The van der Waals surface area contributed by atoms with Crippen molar-refractivity contribution in [3.63, 3.8) is 0 Å². The smallest absolute Gasteiger partial charge is 0.317 e. The second-order valence-corrected chi connectivity index (χ2v) is 5.33. The number of nitrogens with zero attached hydrogens (tertiary/aromatic N) is 1. The number of benzene rings is 1. The molecule has 1 aliphatic rings. The first-order valence-corrected chi connectivity index (χ1v) is 7.25. The van der Waals surface area contributed by atoms with Crippen LogP contribution in [0.4, 0.5) is 4.79 Å². The van der Waals surface area contributed by atoms with Crippen molar-refractivity contribution < 1.29 is 24.1 Å². The lowest BCUT2D eigenvalue weighted by Crippen LogP contribution is -2.39. The Hall–Kier alpha value is -2.19. The van der Waals surface area contributed by atoms with Crippen molar-refractivity contribution in [1.29, 1.82) is 0 Å². The Labute approximate surface area is 135 Å². The number of methoxy groups -OCH3 is 3. The molecule has 23 heavy (non-hydrogen) atoms. The van der Waals surface area contributed by atoms with E-state index in [0.717, 1.165) is 5.56 Å². The highest BCUT2D eigenvalue weighted by atomic mass is 16.5. The molecule has 0 bridgehead atoms. The SMILES string of the molecule is COc1cc(CNC(=O)N2C[C@@H](N)[C@H](O)C2)cc(OC)c1OC. The van der Waals surface area contributed by atoms with Gasteiger partial charge < -0.3 is 35.3 Å². The zero-order valence-corrected chi connectivity index (χ0v) is 13.5. The van der Waals surface area contributed by atoms with E-state index in [-0.39, 0.29) is 19.1 Å². The molecule has 0 unspecified atom stereocenters. The first kappa shape index (κ1) is 17.2. The summed E-state index contributed by atoms with van der Waals surface area (Å²) in [5, 5.41) is 12.4. The standard InChI is InChI=1S/C15H23N3O5/c1-21-12-4-9(5-13(22-2)14(12)23-3)6-17-15(20)18-7-10(16)11(19)8-18/h4-5,10-11,19H,6-8,16H2,1-3H3,(H,17,20)/t10-,11-/m1/s1. The molecule has 0 aromatic heterocycles. The summed E-state index contributed by atoms with van der Waals surface area (Å²) in [6, 6.07) is 2.87. The molecule has 128 valence electrons. The molecule has 1 aliphatic heterocycles. The summed E-state index contributed by atoms with van der Waals surface area (Å²) in [6.07, 6.45) is -0.679. The van der Waals surface area contributed by atoms with Crippen molar-refractivity contribution >= 4 is 6.03 Å². The highest BCUT2D eigenvalue weighted by Gasteiger charge is 2.31. The molecule has 2 rings (SSSR count). The molecule has 4 N–H and O–H groups in total. The minimum Gasteiger partial charge on any atom is -0.493 e. The van der Waals surface area contributed by atoms with Crippen LogP contribution in [-0.2, 0) is 6.54 Å². The lowest BCUT2D eigenvalue weighted by molar-refractivity contribution is 0.163. The summed E-state index contributed by atoms with van der Waals surface area (Å²) in [5.74, 6) is 1.54. The minimum atomic E-state index is -0.679. The number of amides is 2. The highest BCUT2D eigenvalue weighted by Crippen LogP contribution is 2.38. The van der Waals surface area contributed by atoms with Gasteiger partial charge in [-0.05, 0) is 17.7 Å². The summed E-state index contributed by atoms with van der Waals surface area (Å²) in [6.45, 7) is 0.863. The predicted octanol–water partition coefficient (Wildman–Crippen LogP) is -0.0742. The first-order valence-electron chi connectivity index (χ1n) is 7.25. The normalized spacial score (nSPS) is 20.3. The van der Waals surface area contributed by atoms with Gasteiger partial charge in [-0.15, -0.1) is 0 Å². The lowest BCUT2D eigenvalue weighted by atomic mass is 10.2. The third-order valence-corrected chi connectivity index (χ3v) is 3.79. The second-order valence-electron chi connectivity index (χ2n) is 5.33. The topological polar surface area (TPSA) is 106 Å². The Morgan fingerprint density at radius 2 is 1.87 bits per heavy atom. The van der Waals surface area contributed by atoms with Gasteiger partial charge in [-0.1, -0.05) is 0 Å². The van der Waals surface area contributed by atoms with Crippen molar-refractivity contribution in [1.82, 2.24) is 10.2 Å². The summed E-state index contributed by atoms with van der Waals surface area (Å²) in [4.78, 5) is 13.6. The van der Waals surface area contributed by atoms with Crippen LogP contribution in [0.15, 0.2) is 12.1 Å². The number of hydrogen-bond acceptors (Lipinski definition) is 6. The van der Waals surface area contributed by atoms with E-state index < -0.39 is 12.1 Å². The number of β-amino-alcohol motifs (C(OH)–C–C–N with tert-alkyl or cyclic N) is 1. The largest absolute Gasteiger partial charge is 0.493 e. The van der Waals surface area contributed by atoms with Crippen LogP contribution in [0.25, 0.3) is 0 Å². The number of carbonyl (C=O) groups excluding carboxylic acids is 1. The lowest BCUT2D eigenvalue weighted by Gasteiger charge is -2.18. The van der Waals surface area contributed by atoms with Crippen LogP contribution < -0.4 is 25.3 Å². The summed E-state index contributed by atoms with van der Waals surface area (Å²) < 4.78 is 15.8. The maximum atomic E-state index is 12.1. The first-order chi connectivity index (χ1) is 11.0. The van der Waals surface area contributed by atoms with Crippen molar-refractivity contribution in [2.24, 2.45) is 5.73 Å². The molecule has 0 radical (unpaired) electrons. The van der Waals surface area contributed by atoms with E-state index in [1.807, 2.05) is 0 Å². The molecule has 1 fully saturated rings. The zero-order chi connectivity index (χ0) is 17.0. The maximum absolute atomic E-state index is 12.1. The van der Waals surface area contributed by atoms with E-state index in [4.69, 9.17) is 19.9 Å². The van der Waals surface area contributed by atoms with E-state index in [9.17, 15) is 9.90 Å². The molecule has 1 aromatic rings. The molecule has 1 saturated heterocycles. The molecule has 1 aromatic carbocycles. The van der Waals surface area contributed by atoms with Gasteiger partial charge in [-0.3, -0.25) is 0 Å². The van der Waals surface area contributed by atoms with Gasteiger partial charge in [-0.25, -0.2) is 4.79 Å². The fraction of sp³-hybridized carbons (Fsp3) is 0.533. The molecule has 8 heteroatoms. The van der Waals surface area contributed by atoms with Gasteiger partial charge >= 0.3 is 6.03 Å². The number of carbonyl (C=O) groups is 1. The van der Waals surface area contributed by atoms with Gasteiger partial charge in [0.05, 0.1) is 27.4 Å². The van der Waals surface area contributed by atoms with Gasteiger partial charge in [0, 0.05) is 25.7 Å².